The molecule has 1 amide bonds. The Labute approximate surface area is 186 Å². The molecule has 0 bridgehead atoms. The molecule has 1 aliphatic heterocycles. The second-order valence-corrected chi connectivity index (χ2v) is 8.92. The van der Waals surface area contributed by atoms with Crippen molar-refractivity contribution >= 4 is 40.2 Å². The van der Waals surface area contributed by atoms with Gasteiger partial charge in [-0.25, -0.2) is 9.78 Å². The topological polar surface area (TPSA) is 98.7 Å². The van der Waals surface area contributed by atoms with Gasteiger partial charge in [0.1, 0.15) is 10.7 Å². The molecule has 2 N–H and O–H groups in total. The lowest BCUT2D eigenvalue weighted by molar-refractivity contribution is 0.0936. The van der Waals surface area contributed by atoms with Gasteiger partial charge in [-0.15, -0.1) is 0 Å². The molecular formula is C22H28ClN5O3. The Balaban J connectivity index is 1.38. The number of carbonyl (C=O) groups is 2. The molecular weight excluding hydrogens is 418 g/mol. The van der Waals surface area contributed by atoms with Crippen LogP contribution in [0.25, 0.3) is 11.0 Å². The average Bonchev–Trinajstić information content (AvgIpc) is 2.75. The number of nitrogens with one attached hydrogen (secondary N) is 1. The van der Waals surface area contributed by atoms with Gasteiger partial charge in [0.05, 0.1) is 16.8 Å². The summed E-state index contributed by atoms with van der Waals surface area (Å²) < 4.78 is 0. The molecule has 2 aromatic heterocycles. The van der Waals surface area contributed by atoms with E-state index in [0.29, 0.717) is 40.8 Å². The molecule has 1 saturated heterocycles. The summed E-state index contributed by atoms with van der Waals surface area (Å²) in [6.07, 6.45) is 5.02. The van der Waals surface area contributed by atoms with Crippen molar-refractivity contribution in [3.63, 3.8) is 0 Å². The fourth-order valence-electron chi connectivity index (χ4n) is 4.64. The molecule has 8 nitrogen and oxygen atoms in total. The second kappa shape index (κ2) is 9.36. The highest BCUT2D eigenvalue weighted by Gasteiger charge is 2.27. The number of carboxylic acid groups (broad SMARTS) is 1. The zero-order chi connectivity index (χ0) is 22.0. The number of pyridine rings is 2. The molecule has 0 aromatic carbocycles. The number of hydrogen-bond donors (Lipinski definition) is 2. The van der Waals surface area contributed by atoms with Gasteiger partial charge in [0.25, 0.3) is 0 Å². The predicted octanol–water partition coefficient (Wildman–Crippen LogP) is 3.75. The second-order valence-electron chi connectivity index (χ2n) is 8.54. The van der Waals surface area contributed by atoms with Crippen molar-refractivity contribution in [2.75, 3.05) is 38.0 Å². The molecule has 2 aromatic rings. The summed E-state index contributed by atoms with van der Waals surface area (Å²) in [4.78, 5) is 35.9. The first-order chi connectivity index (χ1) is 14.9. The molecule has 166 valence electrons. The molecule has 2 aliphatic rings. The van der Waals surface area contributed by atoms with Crippen molar-refractivity contribution in [1.29, 1.82) is 0 Å². The van der Waals surface area contributed by atoms with Crippen LogP contribution in [0.2, 0.25) is 5.15 Å². The lowest BCUT2D eigenvalue weighted by Crippen LogP contribution is -2.49. The molecule has 9 heteroatoms. The van der Waals surface area contributed by atoms with Gasteiger partial charge in [0, 0.05) is 45.0 Å². The summed E-state index contributed by atoms with van der Waals surface area (Å²) >= 11 is 6.11. The number of hydrogen-bond acceptors (Lipinski definition) is 6. The quantitative estimate of drug-likeness (QED) is 0.534. The van der Waals surface area contributed by atoms with E-state index in [9.17, 15) is 9.59 Å². The molecule has 31 heavy (non-hydrogen) atoms. The molecule has 4 rings (SSSR count). The van der Waals surface area contributed by atoms with E-state index in [-0.39, 0.29) is 11.8 Å². The maximum Gasteiger partial charge on any atom is 0.407 e. The van der Waals surface area contributed by atoms with Gasteiger partial charge in [0.15, 0.2) is 5.78 Å². The number of aromatic nitrogens is 2. The third-order valence-electron chi connectivity index (χ3n) is 6.41. The van der Waals surface area contributed by atoms with Gasteiger partial charge in [-0.1, -0.05) is 11.6 Å². The van der Waals surface area contributed by atoms with Crippen LogP contribution in [0.5, 0.6) is 0 Å². The summed E-state index contributed by atoms with van der Waals surface area (Å²) in [7, 11) is 0. The number of rotatable bonds is 5. The largest absolute Gasteiger partial charge is 0.465 e. The highest BCUT2D eigenvalue weighted by atomic mass is 35.5. The minimum absolute atomic E-state index is 0.0483. The Morgan fingerprint density at radius 2 is 1.87 bits per heavy atom. The molecule has 1 aliphatic carbocycles. The number of carbonyl (C=O) groups excluding carboxylic acids is 1. The highest BCUT2D eigenvalue weighted by molar-refractivity contribution is 6.30. The fourth-order valence-corrected chi connectivity index (χ4v) is 4.78. The van der Waals surface area contributed by atoms with E-state index in [1.807, 2.05) is 6.07 Å². The molecule has 1 saturated carbocycles. The van der Waals surface area contributed by atoms with E-state index in [1.54, 1.807) is 19.2 Å². The van der Waals surface area contributed by atoms with Gasteiger partial charge in [-0.3, -0.25) is 14.7 Å². The zero-order valence-electron chi connectivity index (χ0n) is 17.7. The molecule has 2 fully saturated rings. The summed E-state index contributed by atoms with van der Waals surface area (Å²) in [5, 5.41) is 13.1. The number of amides is 1. The first-order valence-corrected chi connectivity index (χ1v) is 11.2. The van der Waals surface area contributed by atoms with E-state index < -0.39 is 6.09 Å². The van der Waals surface area contributed by atoms with Gasteiger partial charge >= 0.3 is 6.09 Å². The van der Waals surface area contributed by atoms with E-state index in [2.05, 4.69) is 20.2 Å². The van der Waals surface area contributed by atoms with Gasteiger partial charge in [-0.05, 0) is 50.7 Å². The van der Waals surface area contributed by atoms with Crippen LogP contribution in [0, 0.1) is 5.92 Å². The number of Topliss-reactive ketones (excluding diaryl/α,β-unsaturated/α-hetero) is 1. The van der Waals surface area contributed by atoms with E-state index in [0.717, 1.165) is 51.0 Å². The maximum absolute atomic E-state index is 12.2. The van der Waals surface area contributed by atoms with Gasteiger partial charge in [0.2, 0.25) is 0 Å². The van der Waals surface area contributed by atoms with Crippen LogP contribution in [-0.2, 0) is 0 Å². The Kier molecular flexibility index (Phi) is 6.57. The number of piperazine rings is 1. The van der Waals surface area contributed by atoms with E-state index >= 15 is 0 Å². The van der Waals surface area contributed by atoms with Crippen LogP contribution in [0.1, 0.15) is 43.0 Å². The van der Waals surface area contributed by atoms with Crippen molar-refractivity contribution in [1.82, 2.24) is 19.8 Å². The van der Waals surface area contributed by atoms with Crippen LogP contribution < -0.4 is 5.32 Å². The number of anilines is 1. The van der Waals surface area contributed by atoms with Crippen molar-refractivity contribution in [3.05, 3.63) is 29.0 Å². The molecule has 0 spiro atoms. The van der Waals surface area contributed by atoms with Crippen LogP contribution in [0.3, 0.4) is 0 Å². The normalized spacial score (nSPS) is 22.5. The average molecular weight is 446 g/mol. The lowest BCUT2D eigenvalue weighted by Gasteiger charge is -2.37. The third-order valence-corrected chi connectivity index (χ3v) is 6.62. The standard InChI is InChI=1S/C22H28ClN5O3/c1-14(29)17-12-24-18-6-7-19(23)26-21(18)20(17)25-16-4-2-15(3-5-16)13-27-8-10-28(11-9-27)22(30)31/h6-7,12,15-16H,2-5,8-11,13H2,1H3,(H,24,25)(H,30,31). The van der Waals surface area contributed by atoms with Crippen molar-refractivity contribution in [2.24, 2.45) is 5.92 Å². The minimum atomic E-state index is -0.824. The van der Waals surface area contributed by atoms with Crippen molar-refractivity contribution in [3.8, 4) is 0 Å². The van der Waals surface area contributed by atoms with Crippen molar-refractivity contribution in [2.45, 2.75) is 38.6 Å². The Morgan fingerprint density at radius 1 is 1.16 bits per heavy atom. The van der Waals surface area contributed by atoms with Crippen LogP contribution in [-0.4, -0.2) is 75.5 Å². The number of halogens is 1. The van der Waals surface area contributed by atoms with Gasteiger partial charge in [-0.2, -0.15) is 0 Å². The Morgan fingerprint density at radius 3 is 2.52 bits per heavy atom. The summed E-state index contributed by atoms with van der Waals surface area (Å²) in [6.45, 7) is 5.35. The zero-order valence-corrected chi connectivity index (χ0v) is 18.4. The minimum Gasteiger partial charge on any atom is -0.465 e. The van der Waals surface area contributed by atoms with Crippen LogP contribution >= 0.6 is 11.6 Å². The lowest BCUT2D eigenvalue weighted by atomic mass is 9.85. The van der Waals surface area contributed by atoms with E-state index in [1.165, 1.54) is 4.90 Å². The smallest absolute Gasteiger partial charge is 0.407 e. The molecule has 0 radical (unpaired) electrons. The summed E-state index contributed by atoms with van der Waals surface area (Å²) in [5.74, 6) is 0.566. The third kappa shape index (κ3) is 5.07. The summed E-state index contributed by atoms with van der Waals surface area (Å²) in [6, 6.07) is 3.79. The Bertz CT molecular complexity index is 969. The molecule has 3 heterocycles. The highest BCUT2D eigenvalue weighted by Crippen LogP contribution is 2.32. The van der Waals surface area contributed by atoms with Gasteiger partial charge < -0.3 is 15.3 Å². The predicted molar refractivity (Wildman–Crippen MR) is 120 cm³/mol. The van der Waals surface area contributed by atoms with E-state index in [4.69, 9.17) is 16.7 Å². The fraction of sp³-hybridized carbons (Fsp3) is 0.545. The summed E-state index contributed by atoms with van der Waals surface area (Å²) in [5.41, 5.74) is 2.62. The monoisotopic (exact) mass is 445 g/mol. The number of nitrogens with zero attached hydrogens (tertiary/aromatic N) is 4. The number of fused-ring (bicyclic) bond motifs is 1. The maximum atomic E-state index is 12.2. The van der Waals surface area contributed by atoms with Crippen molar-refractivity contribution < 1.29 is 14.7 Å². The first kappa shape index (κ1) is 21.8. The van der Waals surface area contributed by atoms with Crippen LogP contribution in [0.4, 0.5) is 10.5 Å². The first-order valence-electron chi connectivity index (χ1n) is 10.8. The Hall–Kier alpha value is -2.45. The van der Waals surface area contributed by atoms with Crippen LogP contribution in [0.15, 0.2) is 18.3 Å². The number of ketones is 1. The molecule has 0 atom stereocenters. The SMILES string of the molecule is CC(=O)c1cnc2ccc(Cl)nc2c1NC1CCC(CN2CCN(C(=O)O)CC2)CC1. The molecule has 0 unspecified atom stereocenters.